The molecule has 0 aliphatic rings. The summed E-state index contributed by atoms with van der Waals surface area (Å²) in [4.78, 5) is 21.0. The molecule has 1 N–H and O–H groups in total. The first-order chi connectivity index (χ1) is 15.6. The Morgan fingerprint density at radius 2 is 1.97 bits per heavy atom. The lowest BCUT2D eigenvalue weighted by molar-refractivity contribution is -0.116. The smallest absolute Gasteiger partial charge is 0.224 e. The number of imidazole rings is 1. The monoisotopic (exact) mass is 430 g/mol. The average Bonchev–Trinajstić information content (AvgIpc) is 3.52. The molecule has 0 aliphatic heterocycles. The van der Waals surface area contributed by atoms with Crippen molar-refractivity contribution < 1.29 is 13.6 Å². The number of aromatic nitrogens is 5. The average molecular weight is 430 g/mol. The molecule has 9 heteroatoms. The summed E-state index contributed by atoms with van der Waals surface area (Å²) in [7, 11) is 0. The molecular weight excluding hydrogens is 411 g/mol. The number of carbonyl (C=O) groups is 1. The molecule has 0 saturated carbocycles. The van der Waals surface area contributed by atoms with Gasteiger partial charge in [-0.25, -0.2) is 14.4 Å². The van der Waals surface area contributed by atoms with E-state index in [4.69, 9.17) is 4.42 Å². The Hall–Kier alpha value is -4.27. The number of rotatable bonds is 7. The SMILES string of the molecule is O=C(CCc1ncc(-c2ccccc2F)o1)Nc1cnn(Cc2cn3ccccc3n2)c1. The van der Waals surface area contributed by atoms with Crippen LogP contribution in [0.25, 0.3) is 17.0 Å². The van der Waals surface area contributed by atoms with Crippen molar-refractivity contribution in [2.45, 2.75) is 19.4 Å². The minimum atomic E-state index is -0.381. The van der Waals surface area contributed by atoms with Crippen LogP contribution in [0.3, 0.4) is 0 Å². The number of fused-ring (bicyclic) bond motifs is 1. The highest BCUT2D eigenvalue weighted by atomic mass is 19.1. The Morgan fingerprint density at radius 1 is 1.09 bits per heavy atom. The fourth-order valence-electron chi connectivity index (χ4n) is 3.40. The minimum absolute atomic E-state index is 0.175. The maximum absolute atomic E-state index is 13.9. The predicted molar refractivity (Wildman–Crippen MR) is 115 cm³/mol. The number of carbonyl (C=O) groups excluding carboxylic acids is 1. The number of hydrogen-bond acceptors (Lipinski definition) is 5. The highest BCUT2D eigenvalue weighted by molar-refractivity contribution is 5.90. The van der Waals surface area contributed by atoms with Gasteiger partial charge in [0.15, 0.2) is 11.7 Å². The lowest BCUT2D eigenvalue weighted by atomic mass is 10.2. The van der Waals surface area contributed by atoms with Crippen molar-refractivity contribution in [2.75, 3.05) is 5.32 Å². The lowest BCUT2D eigenvalue weighted by Crippen LogP contribution is -2.12. The number of halogens is 1. The van der Waals surface area contributed by atoms with Crippen molar-refractivity contribution in [3.63, 3.8) is 0 Å². The second-order valence-corrected chi connectivity index (χ2v) is 7.27. The first kappa shape index (κ1) is 19.7. The van der Waals surface area contributed by atoms with Crippen molar-refractivity contribution in [3.8, 4) is 11.3 Å². The number of pyridine rings is 1. The Balaban J connectivity index is 1.16. The summed E-state index contributed by atoms with van der Waals surface area (Å²) in [6.07, 6.45) is 9.17. The molecule has 0 fully saturated rings. The standard InChI is InChI=1S/C23H19FN6O2/c24-19-6-2-1-5-18(19)20-12-25-23(32-20)9-8-22(31)28-16-11-26-30(14-16)15-17-13-29-10-4-3-7-21(29)27-17/h1-7,10-14H,8-9,15H2,(H,28,31). The van der Waals surface area contributed by atoms with E-state index >= 15 is 0 Å². The summed E-state index contributed by atoms with van der Waals surface area (Å²) in [5.74, 6) is 0.143. The fraction of sp³-hybridized carbons (Fsp3) is 0.130. The van der Waals surface area contributed by atoms with E-state index in [0.29, 0.717) is 35.9 Å². The van der Waals surface area contributed by atoms with E-state index < -0.39 is 0 Å². The quantitative estimate of drug-likeness (QED) is 0.422. The molecule has 5 rings (SSSR count). The summed E-state index contributed by atoms with van der Waals surface area (Å²) in [5, 5.41) is 7.10. The van der Waals surface area contributed by atoms with Gasteiger partial charge in [0.1, 0.15) is 11.5 Å². The number of amides is 1. The fourth-order valence-corrected chi connectivity index (χ4v) is 3.40. The van der Waals surface area contributed by atoms with Gasteiger partial charge in [0.25, 0.3) is 0 Å². The molecule has 32 heavy (non-hydrogen) atoms. The number of nitrogens with zero attached hydrogens (tertiary/aromatic N) is 5. The molecule has 4 heterocycles. The van der Waals surface area contributed by atoms with Crippen LogP contribution in [0.15, 0.2) is 77.9 Å². The van der Waals surface area contributed by atoms with E-state index in [2.05, 4.69) is 20.4 Å². The Labute approximate surface area is 182 Å². The first-order valence-electron chi connectivity index (χ1n) is 10.1. The van der Waals surface area contributed by atoms with Crippen molar-refractivity contribution in [2.24, 2.45) is 0 Å². The van der Waals surface area contributed by atoms with Crippen molar-refractivity contribution in [1.82, 2.24) is 24.1 Å². The third-order valence-electron chi connectivity index (χ3n) is 4.91. The first-order valence-corrected chi connectivity index (χ1v) is 10.1. The van der Waals surface area contributed by atoms with Crippen LogP contribution in [-0.2, 0) is 17.8 Å². The molecular formula is C23H19FN6O2. The van der Waals surface area contributed by atoms with Crippen LogP contribution < -0.4 is 5.32 Å². The Bertz CT molecular complexity index is 1350. The molecule has 0 spiro atoms. The molecule has 8 nitrogen and oxygen atoms in total. The van der Waals surface area contributed by atoms with Gasteiger partial charge in [-0.2, -0.15) is 5.10 Å². The maximum Gasteiger partial charge on any atom is 0.224 e. The number of oxazole rings is 1. The Morgan fingerprint density at radius 3 is 2.84 bits per heavy atom. The van der Waals surface area contributed by atoms with E-state index in [0.717, 1.165) is 11.3 Å². The second-order valence-electron chi connectivity index (χ2n) is 7.27. The maximum atomic E-state index is 13.9. The van der Waals surface area contributed by atoms with Crippen molar-refractivity contribution in [3.05, 3.63) is 90.9 Å². The van der Waals surface area contributed by atoms with Gasteiger partial charge < -0.3 is 14.1 Å². The molecule has 0 unspecified atom stereocenters. The van der Waals surface area contributed by atoms with Gasteiger partial charge in [-0.1, -0.05) is 18.2 Å². The van der Waals surface area contributed by atoms with Crippen LogP contribution in [0.1, 0.15) is 18.0 Å². The topological polar surface area (TPSA) is 90.3 Å². The molecule has 0 bridgehead atoms. The zero-order chi connectivity index (χ0) is 21.9. The predicted octanol–water partition coefficient (Wildman–Crippen LogP) is 3.94. The molecule has 1 aromatic carbocycles. The molecule has 4 aromatic heterocycles. The molecule has 5 aromatic rings. The number of nitrogens with one attached hydrogen (secondary N) is 1. The summed E-state index contributed by atoms with van der Waals surface area (Å²) in [5.41, 5.74) is 2.67. The molecule has 0 atom stereocenters. The van der Waals surface area contributed by atoms with E-state index in [9.17, 15) is 9.18 Å². The van der Waals surface area contributed by atoms with Crippen LogP contribution in [0.4, 0.5) is 10.1 Å². The molecule has 1 amide bonds. The van der Waals surface area contributed by atoms with E-state index in [1.54, 1.807) is 35.3 Å². The summed E-state index contributed by atoms with van der Waals surface area (Å²) in [6.45, 7) is 0.493. The highest BCUT2D eigenvalue weighted by Crippen LogP contribution is 2.23. The lowest BCUT2D eigenvalue weighted by Gasteiger charge is -2.01. The van der Waals surface area contributed by atoms with Gasteiger partial charge >= 0.3 is 0 Å². The van der Waals surface area contributed by atoms with Crippen LogP contribution in [0.5, 0.6) is 0 Å². The molecule has 160 valence electrons. The Kier molecular flexibility index (Phi) is 5.20. The third-order valence-corrected chi connectivity index (χ3v) is 4.91. The zero-order valence-corrected chi connectivity index (χ0v) is 17.0. The van der Waals surface area contributed by atoms with E-state index in [1.807, 2.05) is 35.0 Å². The second kappa shape index (κ2) is 8.46. The largest absolute Gasteiger partial charge is 0.441 e. The zero-order valence-electron chi connectivity index (χ0n) is 17.0. The van der Waals surface area contributed by atoms with E-state index in [1.165, 1.54) is 12.3 Å². The van der Waals surface area contributed by atoms with Crippen molar-refractivity contribution >= 4 is 17.2 Å². The van der Waals surface area contributed by atoms with Gasteiger partial charge in [0, 0.05) is 31.4 Å². The highest BCUT2D eigenvalue weighted by Gasteiger charge is 2.12. The summed E-state index contributed by atoms with van der Waals surface area (Å²) < 4.78 is 23.1. The van der Waals surface area contributed by atoms with Gasteiger partial charge in [-0.05, 0) is 24.3 Å². The molecule has 0 radical (unpaired) electrons. The summed E-state index contributed by atoms with van der Waals surface area (Å²) in [6, 6.07) is 12.1. The van der Waals surface area contributed by atoms with Crippen LogP contribution >= 0.6 is 0 Å². The van der Waals surface area contributed by atoms with Crippen LogP contribution in [0.2, 0.25) is 0 Å². The number of hydrogen-bond donors (Lipinski definition) is 1. The van der Waals surface area contributed by atoms with Gasteiger partial charge in [-0.3, -0.25) is 9.48 Å². The van der Waals surface area contributed by atoms with E-state index in [-0.39, 0.29) is 18.1 Å². The third kappa shape index (κ3) is 4.27. The van der Waals surface area contributed by atoms with Crippen LogP contribution in [-0.4, -0.2) is 30.1 Å². The van der Waals surface area contributed by atoms with Crippen molar-refractivity contribution in [1.29, 1.82) is 0 Å². The summed E-state index contributed by atoms with van der Waals surface area (Å²) >= 11 is 0. The number of aryl methyl sites for hydroxylation is 1. The van der Waals surface area contributed by atoms with Gasteiger partial charge in [0.05, 0.1) is 35.9 Å². The van der Waals surface area contributed by atoms with Crippen LogP contribution in [0, 0.1) is 5.82 Å². The van der Waals surface area contributed by atoms with Gasteiger partial charge in [-0.15, -0.1) is 0 Å². The number of benzene rings is 1. The van der Waals surface area contributed by atoms with Gasteiger partial charge in [0.2, 0.25) is 5.91 Å². The molecule has 0 saturated heterocycles. The molecule has 0 aliphatic carbocycles. The number of anilines is 1. The normalized spacial score (nSPS) is 11.2. The minimum Gasteiger partial charge on any atom is -0.441 e.